The Bertz CT molecular complexity index is 1040. The van der Waals surface area contributed by atoms with Crippen molar-refractivity contribution in [2.45, 2.75) is 45.6 Å². The van der Waals surface area contributed by atoms with E-state index in [1.165, 1.54) is 4.31 Å². The number of aryl methyl sites for hydroxylation is 4. The number of carbonyl (C=O) groups excluding carboxylic acids is 1. The Labute approximate surface area is 179 Å². The summed E-state index contributed by atoms with van der Waals surface area (Å²) in [7, 11) is -3.53. The number of anilines is 1. The molecule has 3 rings (SSSR count). The number of rotatable bonds is 5. The van der Waals surface area contributed by atoms with Crippen molar-refractivity contribution in [2.75, 3.05) is 31.5 Å². The number of amides is 1. The predicted molar refractivity (Wildman–Crippen MR) is 120 cm³/mol. The second kappa shape index (κ2) is 8.88. The van der Waals surface area contributed by atoms with E-state index in [1.54, 1.807) is 6.07 Å². The number of nitrogens with zero attached hydrogens (tertiary/aromatic N) is 2. The van der Waals surface area contributed by atoms with Gasteiger partial charge in [0.25, 0.3) is 0 Å². The van der Waals surface area contributed by atoms with Gasteiger partial charge in [0.2, 0.25) is 15.9 Å². The second-order valence-corrected chi connectivity index (χ2v) is 10.1. The highest BCUT2D eigenvalue weighted by molar-refractivity contribution is 7.89. The molecule has 1 saturated heterocycles. The lowest BCUT2D eigenvalue weighted by Crippen LogP contribution is -2.54. The van der Waals surface area contributed by atoms with Crippen LogP contribution in [0.15, 0.2) is 41.3 Å². The van der Waals surface area contributed by atoms with Gasteiger partial charge in [0, 0.05) is 31.9 Å². The van der Waals surface area contributed by atoms with Crippen molar-refractivity contribution in [3.05, 3.63) is 58.7 Å². The molecule has 6 nitrogen and oxygen atoms in total. The van der Waals surface area contributed by atoms with Gasteiger partial charge >= 0.3 is 0 Å². The van der Waals surface area contributed by atoms with Crippen LogP contribution in [0.3, 0.4) is 0 Å². The topological polar surface area (TPSA) is 69.7 Å². The average molecular weight is 430 g/mol. The summed E-state index contributed by atoms with van der Waals surface area (Å²) < 4.78 is 27.7. The molecule has 162 valence electrons. The van der Waals surface area contributed by atoms with Crippen LogP contribution in [0, 0.1) is 27.7 Å². The fourth-order valence-corrected chi connectivity index (χ4v) is 5.54. The molecule has 1 aliphatic heterocycles. The van der Waals surface area contributed by atoms with Gasteiger partial charge in [0.1, 0.15) is 0 Å². The number of benzene rings is 2. The Kier molecular flexibility index (Phi) is 6.65. The van der Waals surface area contributed by atoms with Gasteiger partial charge in [-0.15, -0.1) is 0 Å². The van der Waals surface area contributed by atoms with E-state index in [9.17, 15) is 13.2 Å². The number of piperazine rings is 1. The van der Waals surface area contributed by atoms with Gasteiger partial charge in [0.05, 0.1) is 10.9 Å². The first-order valence-corrected chi connectivity index (χ1v) is 11.7. The molecule has 0 saturated carbocycles. The van der Waals surface area contributed by atoms with Gasteiger partial charge in [-0.25, -0.2) is 8.42 Å². The van der Waals surface area contributed by atoms with E-state index in [4.69, 9.17) is 0 Å². The SMILES string of the molecule is Cc1ccc(NC(=O)C(C)N2CCN(S(=O)(=O)c3ccc(C)cc3C)CC2)c(C)c1. The number of nitrogens with one attached hydrogen (secondary N) is 1. The van der Waals surface area contributed by atoms with E-state index in [0.29, 0.717) is 31.1 Å². The molecule has 1 N–H and O–H groups in total. The van der Waals surface area contributed by atoms with Gasteiger partial charge in [-0.05, 0) is 57.9 Å². The fraction of sp³-hybridized carbons (Fsp3) is 0.435. The molecule has 1 heterocycles. The molecule has 0 aliphatic carbocycles. The lowest BCUT2D eigenvalue weighted by atomic mass is 10.1. The van der Waals surface area contributed by atoms with Crippen LogP contribution >= 0.6 is 0 Å². The Balaban J connectivity index is 1.63. The minimum absolute atomic E-state index is 0.0763. The van der Waals surface area contributed by atoms with Crippen molar-refractivity contribution in [3.63, 3.8) is 0 Å². The van der Waals surface area contributed by atoms with E-state index < -0.39 is 10.0 Å². The van der Waals surface area contributed by atoms with Crippen molar-refractivity contribution in [3.8, 4) is 0 Å². The minimum atomic E-state index is -3.53. The minimum Gasteiger partial charge on any atom is -0.324 e. The molecule has 1 aliphatic rings. The van der Waals surface area contributed by atoms with E-state index in [-0.39, 0.29) is 11.9 Å². The summed E-state index contributed by atoms with van der Waals surface area (Å²) >= 11 is 0. The zero-order valence-electron chi connectivity index (χ0n) is 18.4. The smallest absolute Gasteiger partial charge is 0.243 e. The van der Waals surface area contributed by atoms with Crippen molar-refractivity contribution >= 4 is 21.6 Å². The van der Waals surface area contributed by atoms with Crippen molar-refractivity contribution in [2.24, 2.45) is 0 Å². The Morgan fingerprint density at radius 2 is 1.47 bits per heavy atom. The highest BCUT2D eigenvalue weighted by atomic mass is 32.2. The van der Waals surface area contributed by atoms with Crippen molar-refractivity contribution in [1.29, 1.82) is 0 Å². The molecule has 1 amide bonds. The molecule has 1 fully saturated rings. The molecule has 0 bridgehead atoms. The zero-order valence-corrected chi connectivity index (χ0v) is 19.2. The summed E-state index contributed by atoms with van der Waals surface area (Å²) in [6.07, 6.45) is 0. The number of sulfonamides is 1. The van der Waals surface area contributed by atoms with Crippen LogP contribution in [-0.4, -0.2) is 55.8 Å². The van der Waals surface area contributed by atoms with Crippen molar-refractivity contribution in [1.82, 2.24) is 9.21 Å². The Morgan fingerprint density at radius 1 is 0.900 bits per heavy atom. The van der Waals surface area contributed by atoms with Crippen LogP contribution in [0.4, 0.5) is 5.69 Å². The third-order valence-electron chi connectivity index (χ3n) is 5.79. The summed E-state index contributed by atoms with van der Waals surface area (Å²) in [5, 5.41) is 3.00. The first-order chi connectivity index (χ1) is 14.1. The molecule has 7 heteroatoms. The maximum atomic E-state index is 13.1. The third-order valence-corrected chi connectivity index (χ3v) is 7.85. The summed E-state index contributed by atoms with van der Waals surface area (Å²) in [5.41, 5.74) is 4.80. The van der Waals surface area contributed by atoms with Crippen LogP contribution in [0.1, 0.15) is 29.2 Å². The summed E-state index contributed by atoms with van der Waals surface area (Å²) in [5.74, 6) is -0.0763. The van der Waals surface area contributed by atoms with Crippen molar-refractivity contribution < 1.29 is 13.2 Å². The Morgan fingerprint density at radius 3 is 2.03 bits per heavy atom. The predicted octanol–water partition coefficient (Wildman–Crippen LogP) is 3.25. The molecule has 0 radical (unpaired) electrons. The molecule has 30 heavy (non-hydrogen) atoms. The van der Waals surface area contributed by atoms with E-state index in [0.717, 1.165) is 27.9 Å². The highest BCUT2D eigenvalue weighted by Gasteiger charge is 2.32. The van der Waals surface area contributed by atoms with Crippen LogP contribution in [0.5, 0.6) is 0 Å². The van der Waals surface area contributed by atoms with E-state index >= 15 is 0 Å². The normalized spacial score (nSPS) is 17.0. The monoisotopic (exact) mass is 429 g/mol. The summed E-state index contributed by atoms with van der Waals surface area (Å²) in [6, 6.07) is 11.0. The van der Waals surface area contributed by atoms with Crippen LogP contribution < -0.4 is 5.32 Å². The Hall–Kier alpha value is -2.22. The summed E-state index contributed by atoms with van der Waals surface area (Å²) in [6.45, 7) is 11.4. The van der Waals surface area contributed by atoms with Gasteiger partial charge in [-0.3, -0.25) is 9.69 Å². The van der Waals surface area contributed by atoms with Crippen LogP contribution in [0.2, 0.25) is 0 Å². The molecular weight excluding hydrogens is 398 g/mol. The van der Waals surface area contributed by atoms with Crippen LogP contribution in [0.25, 0.3) is 0 Å². The average Bonchev–Trinajstić information content (AvgIpc) is 2.69. The molecule has 2 aromatic rings. The molecule has 1 atom stereocenters. The quantitative estimate of drug-likeness (QED) is 0.792. The largest absolute Gasteiger partial charge is 0.324 e. The van der Waals surface area contributed by atoms with Crippen LogP contribution in [-0.2, 0) is 14.8 Å². The fourth-order valence-electron chi connectivity index (χ4n) is 3.92. The number of hydrogen-bond donors (Lipinski definition) is 1. The molecular formula is C23H31N3O3S. The first-order valence-electron chi connectivity index (χ1n) is 10.3. The molecule has 0 aromatic heterocycles. The first kappa shape index (κ1) is 22.5. The van der Waals surface area contributed by atoms with Gasteiger partial charge in [-0.2, -0.15) is 4.31 Å². The maximum absolute atomic E-state index is 13.1. The second-order valence-electron chi connectivity index (χ2n) is 8.19. The standard InChI is InChI=1S/C23H31N3O3S/c1-16-6-8-21(18(3)14-16)24-23(27)20(5)25-10-12-26(13-11-25)30(28,29)22-9-7-17(2)15-19(22)4/h6-9,14-15,20H,10-13H2,1-5H3,(H,24,27). The maximum Gasteiger partial charge on any atom is 0.243 e. The number of hydrogen-bond acceptors (Lipinski definition) is 4. The van der Waals surface area contributed by atoms with E-state index in [2.05, 4.69) is 5.32 Å². The highest BCUT2D eigenvalue weighted by Crippen LogP contribution is 2.23. The van der Waals surface area contributed by atoms with Gasteiger partial charge in [-0.1, -0.05) is 35.4 Å². The lowest BCUT2D eigenvalue weighted by molar-refractivity contribution is -0.121. The zero-order chi connectivity index (χ0) is 22.1. The van der Waals surface area contributed by atoms with Gasteiger partial charge < -0.3 is 5.32 Å². The van der Waals surface area contributed by atoms with E-state index in [1.807, 2.05) is 69.9 Å². The summed E-state index contributed by atoms with van der Waals surface area (Å²) in [4.78, 5) is 15.1. The third kappa shape index (κ3) is 4.74. The van der Waals surface area contributed by atoms with Gasteiger partial charge in [0.15, 0.2) is 0 Å². The molecule has 1 unspecified atom stereocenters. The molecule has 0 spiro atoms. The number of carbonyl (C=O) groups is 1. The lowest BCUT2D eigenvalue weighted by Gasteiger charge is -2.37. The molecule has 2 aromatic carbocycles.